The first-order valence-electron chi connectivity index (χ1n) is 13.1. The Morgan fingerprint density at radius 2 is 1.74 bits per heavy atom. The molecule has 0 spiro atoms. The van der Waals surface area contributed by atoms with E-state index in [4.69, 9.17) is 0 Å². The van der Waals surface area contributed by atoms with Crippen LogP contribution in [-0.2, 0) is 4.79 Å². The Morgan fingerprint density at radius 3 is 2.56 bits per heavy atom. The van der Waals surface area contributed by atoms with E-state index >= 15 is 0 Å². The number of imidazole rings is 1. The number of carbonyl (C=O) groups is 3. The highest BCUT2D eigenvalue weighted by molar-refractivity contribution is 6.09. The smallest absolute Gasteiger partial charge is 0.304 e. The van der Waals surface area contributed by atoms with Crippen LogP contribution in [0.3, 0.4) is 0 Å². The molecule has 9 nitrogen and oxygen atoms in total. The molecule has 0 radical (unpaired) electrons. The van der Waals surface area contributed by atoms with Crippen molar-refractivity contribution in [3.63, 3.8) is 0 Å². The zero-order valence-corrected chi connectivity index (χ0v) is 21.7. The molecule has 0 aliphatic carbocycles. The van der Waals surface area contributed by atoms with Crippen molar-refractivity contribution in [1.82, 2.24) is 15.3 Å². The van der Waals surface area contributed by atoms with Gasteiger partial charge in [0, 0.05) is 42.9 Å². The van der Waals surface area contributed by atoms with E-state index in [-0.39, 0.29) is 18.2 Å². The zero-order valence-electron chi connectivity index (χ0n) is 21.7. The Bertz CT molecular complexity index is 1500. The first-order chi connectivity index (χ1) is 18.9. The van der Waals surface area contributed by atoms with Crippen LogP contribution in [0.5, 0.6) is 0 Å². The molecule has 1 aliphatic heterocycles. The predicted octanol–water partition coefficient (Wildman–Crippen LogP) is 4.77. The fourth-order valence-electron chi connectivity index (χ4n) is 5.09. The molecule has 3 aromatic carbocycles. The summed E-state index contributed by atoms with van der Waals surface area (Å²) in [6.07, 6.45) is 2.54. The normalized spacial score (nSPS) is 14.4. The number of fused-ring (bicyclic) bond motifs is 3. The molecule has 9 heteroatoms. The van der Waals surface area contributed by atoms with Crippen LogP contribution in [-0.4, -0.2) is 53.0 Å². The number of unbranched alkanes of at least 4 members (excludes halogenated alkanes) is 2. The van der Waals surface area contributed by atoms with Gasteiger partial charge >= 0.3 is 5.97 Å². The summed E-state index contributed by atoms with van der Waals surface area (Å²) >= 11 is 0. The Kier molecular flexibility index (Phi) is 7.58. The van der Waals surface area contributed by atoms with Crippen molar-refractivity contribution in [1.29, 1.82) is 0 Å². The van der Waals surface area contributed by atoms with Gasteiger partial charge in [-0.1, -0.05) is 36.4 Å². The van der Waals surface area contributed by atoms with Crippen LogP contribution in [0.1, 0.15) is 63.4 Å². The maximum absolute atomic E-state index is 13.2. The van der Waals surface area contributed by atoms with Gasteiger partial charge < -0.3 is 25.6 Å². The lowest BCUT2D eigenvalue weighted by molar-refractivity contribution is -0.137. The minimum atomic E-state index is -0.952. The summed E-state index contributed by atoms with van der Waals surface area (Å²) in [5.41, 5.74) is 4.78. The molecule has 4 N–H and O–H groups in total. The summed E-state index contributed by atoms with van der Waals surface area (Å²) in [5.74, 6) is -1.14. The minimum Gasteiger partial charge on any atom is -0.481 e. The molecule has 5 rings (SSSR count). The van der Waals surface area contributed by atoms with Gasteiger partial charge in [-0.15, -0.1) is 0 Å². The maximum Gasteiger partial charge on any atom is 0.304 e. The van der Waals surface area contributed by atoms with Gasteiger partial charge in [0.1, 0.15) is 0 Å². The third-order valence-corrected chi connectivity index (χ3v) is 7.10. The van der Waals surface area contributed by atoms with Crippen LogP contribution in [0, 0.1) is 0 Å². The number of H-pyrrole nitrogens is 1. The number of rotatable bonds is 10. The van der Waals surface area contributed by atoms with Gasteiger partial charge in [0.2, 0.25) is 5.95 Å². The number of nitrogens with zero attached hydrogens (tertiary/aromatic N) is 2. The lowest BCUT2D eigenvalue weighted by atomic mass is 9.85. The summed E-state index contributed by atoms with van der Waals surface area (Å²) in [4.78, 5) is 47.1. The number of anilines is 2. The number of para-hydroxylation sites is 2. The number of benzene rings is 3. The van der Waals surface area contributed by atoms with Crippen molar-refractivity contribution in [3.05, 3.63) is 89.0 Å². The minimum absolute atomic E-state index is 0.151. The summed E-state index contributed by atoms with van der Waals surface area (Å²) in [5, 5.41) is 15.8. The van der Waals surface area contributed by atoms with E-state index in [0.717, 1.165) is 42.8 Å². The van der Waals surface area contributed by atoms with E-state index in [1.165, 1.54) is 4.90 Å². The molecule has 1 aromatic heterocycles. The first kappa shape index (κ1) is 26.0. The van der Waals surface area contributed by atoms with Crippen molar-refractivity contribution >= 4 is 40.5 Å². The van der Waals surface area contributed by atoms with Crippen LogP contribution >= 0.6 is 0 Å². The molecule has 200 valence electrons. The van der Waals surface area contributed by atoms with Crippen LogP contribution in [0.2, 0.25) is 0 Å². The number of aliphatic carboxylic acids is 1. The Hall–Kier alpha value is -4.66. The average Bonchev–Trinajstić information content (AvgIpc) is 3.34. The van der Waals surface area contributed by atoms with Crippen LogP contribution in [0.25, 0.3) is 11.0 Å². The van der Waals surface area contributed by atoms with Crippen LogP contribution in [0.15, 0.2) is 66.7 Å². The Morgan fingerprint density at radius 1 is 0.974 bits per heavy atom. The second kappa shape index (κ2) is 11.4. The number of aromatic nitrogens is 2. The largest absolute Gasteiger partial charge is 0.481 e. The van der Waals surface area contributed by atoms with Crippen molar-refractivity contribution < 1.29 is 19.5 Å². The molecule has 0 fully saturated rings. The number of hydrogen-bond donors (Lipinski definition) is 4. The summed E-state index contributed by atoms with van der Waals surface area (Å²) in [6, 6.07) is 20.1. The fraction of sp³-hybridized carbons (Fsp3) is 0.267. The number of carboxylic acid groups (broad SMARTS) is 1. The topological polar surface area (TPSA) is 127 Å². The maximum atomic E-state index is 13.2. The summed E-state index contributed by atoms with van der Waals surface area (Å²) in [6.45, 7) is 1.31. The molecule has 0 saturated carbocycles. The predicted molar refractivity (Wildman–Crippen MR) is 150 cm³/mol. The van der Waals surface area contributed by atoms with Gasteiger partial charge in [0.25, 0.3) is 11.8 Å². The second-order valence-electron chi connectivity index (χ2n) is 9.72. The van der Waals surface area contributed by atoms with Crippen LogP contribution < -0.4 is 15.5 Å². The molecular weight excluding hydrogens is 494 g/mol. The highest BCUT2D eigenvalue weighted by Gasteiger charge is 2.32. The van der Waals surface area contributed by atoms with Crippen LogP contribution in [0.4, 0.5) is 11.6 Å². The summed E-state index contributed by atoms with van der Waals surface area (Å²) < 4.78 is 0. The highest BCUT2D eigenvalue weighted by atomic mass is 16.4. The van der Waals surface area contributed by atoms with Gasteiger partial charge in [-0.3, -0.25) is 14.4 Å². The number of nitrogens with one attached hydrogen (secondary N) is 3. The molecule has 39 heavy (non-hydrogen) atoms. The molecule has 1 aliphatic rings. The zero-order chi connectivity index (χ0) is 27.4. The van der Waals surface area contributed by atoms with E-state index in [1.807, 2.05) is 30.3 Å². The monoisotopic (exact) mass is 525 g/mol. The first-order valence-corrected chi connectivity index (χ1v) is 13.1. The molecule has 2 amide bonds. The van der Waals surface area contributed by atoms with Crippen molar-refractivity contribution in [3.8, 4) is 0 Å². The highest BCUT2D eigenvalue weighted by Crippen LogP contribution is 2.40. The van der Waals surface area contributed by atoms with Gasteiger partial charge in [-0.25, -0.2) is 4.98 Å². The lowest BCUT2D eigenvalue weighted by Gasteiger charge is -2.21. The number of amides is 2. The average molecular weight is 526 g/mol. The van der Waals surface area contributed by atoms with E-state index in [0.29, 0.717) is 34.5 Å². The molecule has 4 aromatic rings. The van der Waals surface area contributed by atoms with Gasteiger partial charge in [0.05, 0.1) is 17.5 Å². The van der Waals surface area contributed by atoms with E-state index in [9.17, 15) is 19.5 Å². The molecule has 1 atom stereocenters. The second-order valence-corrected chi connectivity index (χ2v) is 9.72. The van der Waals surface area contributed by atoms with Crippen molar-refractivity contribution in [2.75, 3.05) is 30.4 Å². The third kappa shape index (κ3) is 5.62. The molecule has 1 unspecified atom stereocenters. The van der Waals surface area contributed by atoms with Crippen molar-refractivity contribution in [2.45, 2.75) is 31.6 Å². The SMILES string of the molecule is CN1C(=O)c2ccccc2C(CC(=O)O)c2ccc(C(=O)NCCCCCNc3nc4ccccc4[nH]3)cc21. The molecular formula is C30H31N5O4. The molecule has 2 heterocycles. The van der Waals surface area contributed by atoms with E-state index in [2.05, 4.69) is 20.6 Å². The Balaban J connectivity index is 1.17. The Labute approximate surface area is 226 Å². The van der Waals surface area contributed by atoms with Gasteiger partial charge in [0.15, 0.2) is 0 Å². The molecule has 0 saturated heterocycles. The number of carbonyl (C=O) groups excluding carboxylic acids is 2. The van der Waals surface area contributed by atoms with Gasteiger partial charge in [-0.2, -0.15) is 0 Å². The number of hydrogen-bond acceptors (Lipinski definition) is 5. The van der Waals surface area contributed by atoms with Crippen molar-refractivity contribution in [2.24, 2.45) is 0 Å². The molecule has 0 bridgehead atoms. The van der Waals surface area contributed by atoms with E-state index < -0.39 is 11.9 Å². The quantitative estimate of drug-likeness (QED) is 0.221. The van der Waals surface area contributed by atoms with Gasteiger partial charge in [-0.05, 0) is 60.7 Å². The third-order valence-electron chi connectivity index (χ3n) is 7.10. The number of carboxylic acids is 1. The van der Waals surface area contributed by atoms with E-state index in [1.54, 1.807) is 43.4 Å². The summed E-state index contributed by atoms with van der Waals surface area (Å²) in [7, 11) is 1.65. The standard InChI is InChI=1S/C30H31N5O4/c1-35-26-17-19(13-14-21(26)23(18-27(36)37)20-9-3-4-10-22(20)29(35)39)28(38)31-15-7-2-8-16-32-30-33-24-11-5-6-12-25(24)34-30/h3-6,9-14,17,23H,2,7-8,15-16,18H2,1H3,(H,31,38)(H,36,37)(H2,32,33,34). The number of aromatic amines is 1. The fourth-order valence-corrected chi connectivity index (χ4v) is 5.09. The lowest BCUT2D eigenvalue weighted by Crippen LogP contribution is -2.28.